The van der Waals surface area contributed by atoms with E-state index in [-0.39, 0.29) is 10.8 Å². The summed E-state index contributed by atoms with van der Waals surface area (Å²) in [5, 5.41) is 12.1. The lowest BCUT2D eigenvalue weighted by Gasteiger charge is -2.32. The second kappa shape index (κ2) is 15.0. The lowest BCUT2D eigenvalue weighted by atomic mass is 9.82. The molecule has 14 rings (SSSR count). The Bertz CT molecular complexity index is 3890. The summed E-state index contributed by atoms with van der Waals surface area (Å²) in [4.78, 5) is 5.11. The molecule has 0 atom stereocenters. The zero-order valence-electron chi connectivity index (χ0n) is 39.8. The fourth-order valence-corrected chi connectivity index (χ4v) is 12.6. The molecule has 0 radical (unpaired) electrons. The van der Waals surface area contributed by atoms with Gasteiger partial charge in [-0.3, -0.25) is 0 Å². The summed E-state index contributed by atoms with van der Waals surface area (Å²) in [6, 6.07) is 86.5. The molecule has 2 nitrogen and oxygen atoms in total. The van der Waals surface area contributed by atoms with Crippen LogP contribution in [0.1, 0.15) is 49.9 Å². The van der Waals surface area contributed by atoms with Gasteiger partial charge in [-0.2, -0.15) is 0 Å². The summed E-state index contributed by atoms with van der Waals surface area (Å²) >= 11 is 0. The molecule has 0 amide bonds. The van der Waals surface area contributed by atoms with Gasteiger partial charge in [0, 0.05) is 44.1 Å². The fourth-order valence-electron chi connectivity index (χ4n) is 12.6. The van der Waals surface area contributed by atoms with E-state index < -0.39 is 0 Å². The first-order valence-corrected chi connectivity index (χ1v) is 24.7. The molecule has 0 fully saturated rings. The van der Waals surface area contributed by atoms with E-state index in [0.717, 1.165) is 22.7 Å². The van der Waals surface area contributed by atoms with Crippen molar-refractivity contribution in [2.75, 3.05) is 9.80 Å². The van der Waals surface area contributed by atoms with Crippen LogP contribution >= 0.6 is 0 Å². The Labute approximate surface area is 409 Å². The van der Waals surface area contributed by atoms with Gasteiger partial charge in [-0.05, 0) is 125 Å². The lowest BCUT2D eigenvalue weighted by Crippen LogP contribution is -2.16. The van der Waals surface area contributed by atoms with E-state index in [0.29, 0.717) is 0 Å². The molecule has 0 spiro atoms. The molecule has 0 N–H and O–H groups in total. The molecule has 12 aromatic carbocycles. The van der Waals surface area contributed by atoms with Gasteiger partial charge in [-0.15, -0.1) is 0 Å². The van der Waals surface area contributed by atoms with Crippen LogP contribution in [0.4, 0.5) is 34.1 Å². The highest BCUT2D eigenvalue weighted by molar-refractivity contribution is 6.25. The van der Waals surface area contributed by atoms with Crippen LogP contribution in [0, 0.1) is 0 Å². The average molecular weight is 895 g/mol. The van der Waals surface area contributed by atoms with Crippen molar-refractivity contribution < 1.29 is 0 Å². The lowest BCUT2D eigenvalue weighted by molar-refractivity contribution is 0.660. The molecule has 2 aliphatic carbocycles. The Morgan fingerprint density at radius 1 is 0.257 bits per heavy atom. The number of hydrogen-bond acceptors (Lipinski definition) is 2. The van der Waals surface area contributed by atoms with Crippen molar-refractivity contribution in [2.45, 2.75) is 38.5 Å². The summed E-state index contributed by atoms with van der Waals surface area (Å²) in [6.07, 6.45) is 0. The molecule has 0 bridgehead atoms. The highest BCUT2D eigenvalue weighted by Crippen LogP contribution is 2.58. The van der Waals surface area contributed by atoms with Gasteiger partial charge in [0.05, 0.1) is 22.7 Å². The summed E-state index contributed by atoms with van der Waals surface area (Å²) in [5.74, 6) is 0. The van der Waals surface area contributed by atoms with Gasteiger partial charge >= 0.3 is 0 Å². The van der Waals surface area contributed by atoms with Crippen molar-refractivity contribution in [1.82, 2.24) is 0 Å². The maximum Gasteiger partial charge on any atom is 0.0546 e. The first-order chi connectivity index (χ1) is 34.3. The average Bonchev–Trinajstić information content (AvgIpc) is 3.79. The number of fused-ring (bicyclic) bond motifs is 13. The molecular formula is C68H50N2. The number of rotatable bonds is 6. The zero-order valence-corrected chi connectivity index (χ0v) is 39.8. The van der Waals surface area contributed by atoms with Crippen LogP contribution < -0.4 is 9.80 Å². The van der Waals surface area contributed by atoms with Gasteiger partial charge in [-0.1, -0.05) is 210 Å². The Morgan fingerprint density at radius 2 is 0.614 bits per heavy atom. The van der Waals surface area contributed by atoms with Gasteiger partial charge < -0.3 is 9.80 Å². The normalized spacial score (nSPS) is 13.9. The van der Waals surface area contributed by atoms with E-state index in [9.17, 15) is 0 Å². The standard InChI is InChI=1S/C68H50N2/c1-67(2)57-29-15-13-27-53(57)65-59(67)31-17-33-61(65)69(47-37-35-43-19-5-7-21-45(43)39-47)63-41-55-50-24-10-12-26-52(50)64(42-56(55)49-23-9-11-25-51(49)63)70(48-38-36-44-20-6-8-22-46(44)40-48)62-34-18-32-60-66(62)54-28-14-16-30-58(54)68(60,3)4/h5-42H,1-4H3. The van der Waals surface area contributed by atoms with E-state index >= 15 is 0 Å². The predicted octanol–water partition coefficient (Wildman–Crippen LogP) is 19.0. The van der Waals surface area contributed by atoms with Gasteiger partial charge in [0.1, 0.15) is 0 Å². The molecule has 0 saturated heterocycles. The predicted molar refractivity (Wildman–Crippen MR) is 298 cm³/mol. The van der Waals surface area contributed by atoms with Gasteiger partial charge in [-0.25, -0.2) is 0 Å². The molecule has 0 saturated carbocycles. The van der Waals surface area contributed by atoms with Crippen LogP contribution in [0.5, 0.6) is 0 Å². The van der Waals surface area contributed by atoms with Crippen LogP contribution in [0.3, 0.4) is 0 Å². The monoisotopic (exact) mass is 894 g/mol. The van der Waals surface area contributed by atoms with Gasteiger partial charge in [0.15, 0.2) is 0 Å². The SMILES string of the molecule is CC1(C)c2ccccc2-c2c(N(c3ccc4ccccc4c3)c3cc4c5ccccc5c(N(c5ccc6ccccc6c5)c5cccc6c5-c5ccccc5C6(C)C)cc4c4ccccc34)cccc21. The third-order valence-electron chi connectivity index (χ3n) is 16.0. The topological polar surface area (TPSA) is 6.48 Å². The van der Waals surface area contributed by atoms with Gasteiger partial charge in [0.2, 0.25) is 0 Å². The summed E-state index contributed by atoms with van der Waals surface area (Å²) < 4.78 is 0. The van der Waals surface area contributed by atoms with Crippen molar-refractivity contribution in [2.24, 2.45) is 0 Å². The quantitative estimate of drug-likeness (QED) is 0.153. The Balaban J connectivity index is 1.08. The third-order valence-corrected chi connectivity index (χ3v) is 16.0. The van der Waals surface area contributed by atoms with Crippen molar-refractivity contribution in [3.8, 4) is 22.3 Å². The van der Waals surface area contributed by atoms with E-state index in [1.807, 2.05) is 0 Å². The molecule has 0 aromatic heterocycles. The highest BCUT2D eigenvalue weighted by atomic mass is 15.2. The second-order valence-electron chi connectivity index (χ2n) is 20.5. The second-order valence-corrected chi connectivity index (χ2v) is 20.5. The molecule has 12 aromatic rings. The van der Waals surface area contributed by atoms with E-state index in [2.05, 4.69) is 268 Å². The molecular weight excluding hydrogens is 845 g/mol. The molecule has 0 aliphatic heterocycles. The molecule has 0 heterocycles. The fraction of sp³-hybridized carbons (Fsp3) is 0.0882. The van der Waals surface area contributed by atoms with Gasteiger partial charge in [0.25, 0.3) is 0 Å². The third kappa shape index (κ3) is 5.80. The Morgan fingerprint density at radius 3 is 1.06 bits per heavy atom. The number of anilines is 6. The van der Waals surface area contributed by atoms with Crippen LogP contribution in [0.15, 0.2) is 231 Å². The number of hydrogen-bond donors (Lipinski definition) is 0. The van der Waals surface area contributed by atoms with E-state index in [4.69, 9.17) is 0 Å². The molecule has 2 aliphatic rings. The first kappa shape index (κ1) is 40.6. The van der Waals surface area contributed by atoms with Crippen LogP contribution in [-0.2, 0) is 10.8 Å². The smallest absolute Gasteiger partial charge is 0.0546 e. The summed E-state index contributed by atoms with van der Waals surface area (Å²) in [5.41, 5.74) is 17.3. The van der Waals surface area contributed by atoms with Crippen molar-refractivity contribution in [1.29, 1.82) is 0 Å². The summed E-state index contributed by atoms with van der Waals surface area (Å²) in [7, 11) is 0. The van der Waals surface area contributed by atoms with Crippen LogP contribution in [0.2, 0.25) is 0 Å². The maximum atomic E-state index is 2.56. The van der Waals surface area contributed by atoms with Crippen LogP contribution in [0.25, 0.3) is 76.1 Å². The zero-order chi connectivity index (χ0) is 46.9. The summed E-state index contributed by atoms with van der Waals surface area (Å²) in [6.45, 7) is 9.51. The van der Waals surface area contributed by atoms with Crippen molar-refractivity contribution in [3.05, 3.63) is 253 Å². The Kier molecular flexibility index (Phi) is 8.71. The first-order valence-electron chi connectivity index (χ1n) is 24.7. The largest absolute Gasteiger partial charge is 0.309 e. The maximum absolute atomic E-state index is 2.56. The number of nitrogens with zero attached hydrogens (tertiary/aromatic N) is 2. The van der Waals surface area contributed by atoms with E-state index in [1.165, 1.54) is 110 Å². The Hall–Kier alpha value is -8.46. The van der Waals surface area contributed by atoms with Crippen LogP contribution in [-0.4, -0.2) is 0 Å². The molecule has 70 heavy (non-hydrogen) atoms. The van der Waals surface area contributed by atoms with Crippen molar-refractivity contribution in [3.63, 3.8) is 0 Å². The number of benzene rings is 12. The van der Waals surface area contributed by atoms with Crippen molar-refractivity contribution >= 4 is 88.0 Å². The van der Waals surface area contributed by atoms with E-state index in [1.54, 1.807) is 0 Å². The minimum atomic E-state index is -0.150. The molecule has 0 unspecified atom stereocenters. The minimum absolute atomic E-state index is 0.150. The molecule has 332 valence electrons. The highest BCUT2D eigenvalue weighted by Gasteiger charge is 2.40. The molecule has 2 heteroatoms. The minimum Gasteiger partial charge on any atom is -0.309 e.